The van der Waals surface area contributed by atoms with Gasteiger partial charge < -0.3 is 19.4 Å². The van der Waals surface area contributed by atoms with E-state index < -0.39 is 11.5 Å². The van der Waals surface area contributed by atoms with Gasteiger partial charge in [-0.3, -0.25) is 4.79 Å². The molecule has 3 aromatic rings. The van der Waals surface area contributed by atoms with Gasteiger partial charge in [-0.15, -0.1) is 0 Å². The number of nitrogens with one attached hydrogen (secondary N) is 1. The molecule has 26 heavy (non-hydrogen) atoms. The second-order valence-corrected chi connectivity index (χ2v) is 5.71. The molecule has 134 valence electrons. The lowest BCUT2D eigenvalue weighted by molar-refractivity contribution is 0.0525. The van der Waals surface area contributed by atoms with E-state index in [0.717, 1.165) is 22.3 Å². The van der Waals surface area contributed by atoms with Crippen LogP contribution in [0.15, 0.2) is 53.3 Å². The average Bonchev–Trinajstić information content (AvgIpc) is 2.66. The lowest BCUT2D eigenvalue weighted by atomic mass is 10.1. The number of benzene rings is 2. The Kier molecular flexibility index (Phi) is 4.93. The predicted molar refractivity (Wildman–Crippen MR) is 101 cm³/mol. The van der Waals surface area contributed by atoms with Crippen LogP contribution in [0.2, 0.25) is 0 Å². The molecule has 0 atom stereocenters. The van der Waals surface area contributed by atoms with Crippen LogP contribution in [0.1, 0.15) is 17.3 Å². The molecule has 0 saturated heterocycles. The number of ether oxygens (including phenoxy) is 2. The van der Waals surface area contributed by atoms with E-state index in [2.05, 4.69) is 5.32 Å². The van der Waals surface area contributed by atoms with Crippen molar-refractivity contribution in [2.75, 3.05) is 19.0 Å². The van der Waals surface area contributed by atoms with Crippen LogP contribution in [-0.4, -0.2) is 24.3 Å². The summed E-state index contributed by atoms with van der Waals surface area (Å²) in [6.45, 7) is 1.90. The van der Waals surface area contributed by atoms with Crippen LogP contribution in [0.3, 0.4) is 0 Å². The quantitative estimate of drug-likeness (QED) is 0.712. The largest absolute Gasteiger partial charge is 0.497 e. The lowest BCUT2D eigenvalue weighted by Crippen LogP contribution is -2.27. The molecule has 1 aromatic heterocycles. The standard InChI is InChI=1S/C20H20N2O4/c1-4-26-20(24)17-18(21-13-9-11-14(25-3)12-10-13)15-7-5-6-8-16(15)22(2)19(17)23/h5-12,21H,4H2,1-3H3. The van der Waals surface area contributed by atoms with E-state index in [9.17, 15) is 9.59 Å². The first-order chi connectivity index (χ1) is 12.6. The van der Waals surface area contributed by atoms with E-state index in [0.29, 0.717) is 5.69 Å². The molecule has 0 unspecified atom stereocenters. The van der Waals surface area contributed by atoms with E-state index in [1.807, 2.05) is 36.4 Å². The minimum atomic E-state index is -0.644. The number of carbonyl (C=O) groups excluding carboxylic acids is 1. The number of hydrogen-bond donors (Lipinski definition) is 1. The maximum atomic E-state index is 12.8. The number of para-hydroxylation sites is 1. The zero-order valence-electron chi connectivity index (χ0n) is 14.9. The van der Waals surface area contributed by atoms with Gasteiger partial charge in [0.15, 0.2) is 0 Å². The number of nitrogens with zero attached hydrogens (tertiary/aromatic N) is 1. The van der Waals surface area contributed by atoms with E-state index in [4.69, 9.17) is 9.47 Å². The Morgan fingerprint density at radius 2 is 1.81 bits per heavy atom. The second kappa shape index (κ2) is 7.31. The Balaban J connectivity index is 2.22. The highest BCUT2D eigenvalue weighted by molar-refractivity contribution is 6.06. The molecule has 0 spiro atoms. The fraction of sp³-hybridized carbons (Fsp3) is 0.200. The topological polar surface area (TPSA) is 69.6 Å². The summed E-state index contributed by atoms with van der Waals surface area (Å²) in [6, 6.07) is 14.7. The van der Waals surface area contributed by atoms with Gasteiger partial charge in [0.25, 0.3) is 5.56 Å². The van der Waals surface area contributed by atoms with E-state index >= 15 is 0 Å². The molecule has 1 N–H and O–H groups in total. The van der Waals surface area contributed by atoms with Gasteiger partial charge in [0.05, 0.1) is 24.9 Å². The van der Waals surface area contributed by atoms with Crippen LogP contribution in [0.4, 0.5) is 11.4 Å². The molecule has 1 heterocycles. The van der Waals surface area contributed by atoms with Crippen LogP contribution in [-0.2, 0) is 11.8 Å². The molecule has 3 rings (SSSR count). The highest BCUT2D eigenvalue weighted by Crippen LogP contribution is 2.29. The summed E-state index contributed by atoms with van der Waals surface area (Å²) < 4.78 is 11.7. The van der Waals surface area contributed by atoms with Crippen molar-refractivity contribution in [2.45, 2.75) is 6.92 Å². The van der Waals surface area contributed by atoms with Crippen LogP contribution in [0.5, 0.6) is 5.75 Å². The van der Waals surface area contributed by atoms with Gasteiger partial charge in [-0.2, -0.15) is 0 Å². The zero-order chi connectivity index (χ0) is 18.7. The van der Waals surface area contributed by atoms with Crippen molar-refractivity contribution in [3.63, 3.8) is 0 Å². The number of esters is 1. The number of pyridine rings is 1. The summed E-state index contributed by atoms with van der Waals surface area (Å²) in [7, 11) is 3.24. The first-order valence-electron chi connectivity index (χ1n) is 8.26. The van der Waals surface area contributed by atoms with Gasteiger partial charge in [0.1, 0.15) is 11.3 Å². The van der Waals surface area contributed by atoms with Crippen molar-refractivity contribution in [1.29, 1.82) is 0 Å². The summed E-state index contributed by atoms with van der Waals surface area (Å²) in [6.07, 6.45) is 0. The van der Waals surface area contributed by atoms with Gasteiger partial charge in [0.2, 0.25) is 0 Å². The molecule has 0 aliphatic carbocycles. The molecular weight excluding hydrogens is 332 g/mol. The number of carbonyl (C=O) groups is 1. The first-order valence-corrected chi connectivity index (χ1v) is 8.26. The smallest absolute Gasteiger partial charge is 0.345 e. The minimum absolute atomic E-state index is 0.0103. The number of hydrogen-bond acceptors (Lipinski definition) is 5. The van der Waals surface area contributed by atoms with Gasteiger partial charge in [-0.1, -0.05) is 18.2 Å². The van der Waals surface area contributed by atoms with Crippen molar-refractivity contribution in [2.24, 2.45) is 7.05 Å². The molecule has 0 radical (unpaired) electrons. The Labute approximate surface area is 151 Å². The van der Waals surface area contributed by atoms with Gasteiger partial charge >= 0.3 is 5.97 Å². The molecule has 6 heteroatoms. The monoisotopic (exact) mass is 352 g/mol. The third-order valence-electron chi connectivity index (χ3n) is 4.14. The number of aromatic nitrogens is 1. The SMILES string of the molecule is CCOC(=O)c1c(Nc2ccc(OC)cc2)c2ccccc2n(C)c1=O. The third kappa shape index (κ3) is 3.13. The van der Waals surface area contributed by atoms with E-state index in [1.165, 1.54) is 4.57 Å². The summed E-state index contributed by atoms with van der Waals surface area (Å²) in [4.78, 5) is 25.3. The average molecular weight is 352 g/mol. The molecular formula is C20H20N2O4. The molecule has 0 aliphatic heterocycles. The van der Waals surface area contributed by atoms with Crippen LogP contribution in [0, 0.1) is 0 Å². The Hall–Kier alpha value is -3.28. The summed E-state index contributed by atoms with van der Waals surface area (Å²) in [5, 5.41) is 3.96. The third-order valence-corrected chi connectivity index (χ3v) is 4.14. The van der Waals surface area contributed by atoms with Crippen molar-refractivity contribution in [1.82, 2.24) is 4.57 Å². The van der Waals surface area contributed by atoms with Crippen molar-refractivity contribution in [3.8, 4) is 5.75 Å². The number of aryl methyl sites for hydroxylation is 1. The highest BCUT2D eigenvalue weighted by atomic mass is 16.5. The van der Waals surface area contributed by atoms with Crippen molar-refractivity contribution in [3.05, 3.63) is 64.4 Å². The second-order valence-electron chi connectivity index (χ2n) is 5.71. The lowest BCUT2D eigenvalue weighted by Gasteiger charge is -2.16. The Morgan fingerprint density at radius 3 is 2.46 bits per heavy atom. The normalized spacial score (nSPS) is 10.6. The first kappa shape index (κ1) is 17.5. The zero-order valence-corrected chi connectivity index (χ0v) is 14.9. The molecule has 0 fully saturated rings. The van der Waals surface area contributed by atoms with Crippen LogP contribution >= 0.6 is 0 Å². The number of methoxy groups -OCH3 is 1. The fourth-order valence-electron chi connectivity index (χ4n) is 2.84. The maximum absolute atomic E-state index is 12.8. The summed E-state index contributed by atoms with van der Waals surface area (Å²) in [5.41, 5.74) is 1.48. The Bertz CT molecular complexity index is 1010. The van der Waals surface area contributed by atoms with E-state index in [1.54, 1.807) is 33.2 Å². The van der Waals surface area contributed by atoms with Crippen LogP contribution < -0.4 is 15.6 Å². The number of rotatable bonds is 5. The molecule has 0 saturated carbocycles. The fourth-order valence-corrected chi connectivity index (χ4v) is 2.84. The maximum Gasteiger partial charge on any atom is 0.345 e. The minimum Gasteiger partial charge on any atom is -0.497 e. The molecule has 0 aliphatic rings. The summed E-state index contributed by atoms with van der Waals surface area (Å²) >= 11 is 0. The van der Waals surface area contributed by atoms with Crippen molar-refractivity contribution >= 4 is 28.2 Å². The molecule has 0 bridgehead atoms. The summed E-state index contributed by atoms with van der Waals surface area (Å²) in [5.74, 6) is 0.0739. The predicted octanol–water partition coefficient (Wildman–Crippen LogP) is 3.47. The number of anilines is 2. The highest BCUT2D eigenvalue weighted by Gasteiger charge is 2.22. The van der Waals surface area contributed by atoms with E-state index in [-0.39, 0.29) is 12.2 Å². The number of fused-ring (bicyclic) bond motifs is 1. The molecule has 6 nitrogen and oxygen atoms in total. The van der Waals surface area contributed by atoms with Gasteiger partial charge in [-0.05, 0) is 37.3 Å². The molecule has 0 amide bonds. The molecule has 2 aromatic carbocycles. The Morgan fingerprint density at radius 1 is 1.12 bits per heavy atom. The van der Waals surface area contributed by atoms with Crippen LogP contribution in [0.25, 0.3) is 10.9 Å². The van der Waals surface area contributed by atoms with Crippen molar-refractivity contribution < 1.29 is 14.3 Å². The van der Waals surface area contributed by atoms with Gasteiger partial charge in [-0.25, -0.2) is 4.79 Å². The van der Waals surface area contributed by atoms with Gasteiger partial charge in [0, 0.05) is 18.1 Å².